The van der Waals surface area contributed by atoms with Crippen molar-refractivity contribution < 1.29 is 53.1 Å². The highest BCUT2D eigenvalue weighted by atomic mass is 79.9. The maximum atomic E-state index is 12.4. The Morgan fingerprint density at radius 3 is 0.931 bits per heavy atom. The van der Waals surface area contributed by atoms with Gasteiger partial charge in [0.25, 0.3) is 0 Å². The van der Waals surface area contributed by atoms with E-state index in [-0.39, 0.29) is 44.8 Å². The van der Waals surface area contributed by atoms with Crippen LogP contribution in [0.2, 0.25) is 0 Å². The smallest absolute Gasteiger partial charge is 0.126 e. The van der Waals surface area contributed by atoms with Gasteiger partial charge in [-0.2, -0.15) is 0 Å². The summed E-state index contributed by atoms with van der Waals surface area (Å²) in [5.74, 6) is 1.81. The van der Waals surface area contributed by atoms with Crippen LogP contribution in [0.1, 0.15) is 112 Å². The van der Waals surface area contributed by atoms with Crippen LogP contribution in [0, 0.1) is 22.7 Å². The number of hydrogen-bond donors (Lipinski definition) is 2. The molecule has 6 aliphatic rings. The fourth-order valence-corrected chi connectivity index (χ4v) is 13.8. The maximum absolute atomic E-state index is 12.4. The Balaban J connectivity index is 0.000000171. The molecule has 312 valence electrons. The van der Waals surface area contributed by atoms with Gasteiger partial charge in [-0.1, -0.05) is 160 Å². The van der Waals surface area contributed by atoms with Crippen molar-refractivity contribution in [2.75, 3.05) is 52.4 Å². The Morgan fingerprint density at radius 2 is 0.672 bits per heavy atom. The average Bonchev–Trinajstić information content (AvgIpc) is 4.05. The molecule has 4 nitrogen and oxygen atoms in total. The Kier molecular flexibility index (Phi) is 13.5. The van der Waals surface area contributed by atoms with Crippen molar-refractivity contribution in [1.82, 2.24) is 0 Å². The van der Waals surface area contributed by atoms with Crippen molar-refractivity contribution in [3.8, 4) is 0 Å². The molecule has 58 heavy (non-hydrogen) atoms. The van der Waals surface area contributed by atoms with Gasteiger partial charge in [-0.05, 0) is 47.9 Å². The molecule has 0 radical (unpaired) electrons. The lowest BCUT2D eigenvalue weighted by atomic mass is 9.63. The second-order valence-corrected chi connectivity index (χ2v) is 19.7. The molecule has 4 aliphatic heterocycles. The lowest BCUT2D eigenvalue weighted by molar-refractivity contribution is -0.913. The molecule has 0 aromatic heterocycles. The highest BCUT2D eigenvalue weighted by Crippen LogP contribution is 2.60. The van der Waals surface area contributed by atoms with Gasteiger partial charge in [0.05, 0.1) is 63.2 Å². The van der Waals surface area contributed by atoms with Gasteiger partial charge >= 0.3 is 0 Å². The molecule has 0 unspecified atom stereocenters. The molecular weight excluding hydrogens is 844 g/mol. The Labute approximate surface area is 370 Å². The maximum Gasteiger partial charge on any atom is 0.126 e. The first-order chi connectivity index (χ1) is 27.3. The van der Waals surface area contributed by atoms with Gasteiger partial charge in [-0.3, -0.25) is 0 Å². The first kappa shape index (κ1) is 43.8. The Morgan fingerprint density at radius 1 is 0.414 bits per heavy atom. The highest BCUT2D eigenvalue weighted by Gasteiger charge is 2.67. The minimum Gasteiger partial charge on any atom is -1.00 e. The van der Waals surface area contributed by atoms with Crippen molar-refractivity contribution in [3.63, 3.8) is 0 Å². The second kappa shape index (κ2) is 18.0. The second-order valence-electron chi connectivity index (χ2n) is 19.7. The number of quaternary nitrogens is 2. The monoisotopic (exact) mass is 910 g/mol. The summed E-state index contributed by atoms with van der Waals surface area (Å²) in [6.45, 7) is 9.98. The van der Waals surface area contributed by atoms with E-state index in [1.807, 2.05) is 0 Å². The first-order valence-corrected chi connectivity index (χ1v) is 22.7. The number of halogens is 2. The van der Waals surface area contributed by atoms with Crippen LogP contribution < -0.4 is 34.0 Å². The molecule has 0 amide bonds. The Bertz CT molecular complexity index is 1640. The van der Waals surface area contributed by atoms with Crippen LogP contribution in [0.25, 0.3) is 0 Å². The fourth-order valence-electron chi connectivity index (χ4n) is 13.8. The summed E-state index contributed by atoms with van der Waals surface area (Å²) in [7, 11) is 0. The molecule has 0 spiro atoms. The minimum atomic E-state index is -0.890. The molecule has 2 N–H and O–H groups in total. The van der Waals surface area contributed by atoms with E-state index in [1.54, 1.807) is 0 Å². The molecule has 4 aromatic rings. The van der Waals surface area contributed by atoms with Gasteiger partial charge in [0, 0.05) is 37.5 Å². The number of hydrogen-bond acceptors (Lipinski definition) is 2. The van der Waals surface area contributed by atoms with E-state index < -0.39 is 11.2 Å². The number of piperidine rings is 2. The zero-order valence-corrected chi connectivity index (χ0v) is 38.0. The van der Waals surface area contributed by atoms with Crippen molar-refractivity contribution in [3.05, 3.63) is 144 Å². The molecular formula is C52H68Br2N2O2. The van der Waals surface area contributed by atoms with E-state index in [0.29, 0.717) is 0 Å². The molecule has 2 aliphatic carbocycles. The molecule has 4 heterocycles. The van der Waals surface area contributed by atoms with E-state index >= 15 is 0 Å². The number of rotatable bonds is 10. The molecule has 10 rings (SSSR count). The third-order valence-electron chi connectivity index (χ3n) is 16.6. The number of fused-ring (bicyclic) bond motifs is 4. The van der Waals surface area contributed by atoms with Gasteiger partial charge < -0.3 is 53.1 Å². The van der Waals surface area contributed by atoms with Gasteiger partial charge in [0.15, 0.2) is 0 Å². The highest BCUT2D eigenvalue weighted by molar-refractivity contribution is 5.41. The van der Waals surface area contributed by atoms with Crippen LogP contribution in [0.4, 0.5) is 0 Å². The van der Waals surface area contributed by atoms with E-state index in [1.165, 1.54) is 112 Å². The quantitative estimate of drug-likeness (QED) is 0.234. The van der Waals surface area contributed by atoms with Crippen LogP contribution >= 0.6 is 0 Å². The summed E-state index contributed by atoms with van der Waals surface area (Å²) in [6, 6.07) is 41.9. The summed E-state index contributed by atoms with van der Waals surface area (Å²) < 4.78 is 2.51. The summed E-state index contributed by atoms with van der Waals surface area (Å²) >= 11 is 0. The van der Waals surface area contributed by atoms with Gasteiger partial charge in [0.2, 0.25) is 0 Å². The summed E-state index contributed by atoms with van der Waals surface area (Å²) in [6.07, 6.45) is 18.8. The molecule has 4 bridgehead atoms. The summed E-state index contributed by atoms with van der Waals surface area (Å²) in [5, 5.41) is 24.9. The lowest BCUT2D eigenvalue weighted by Crippen LogP contribution is -3.00. The standard InChI is InChI=1S/2C26H34NO.2BrH/c2*28-26(23-12-6-2-7-13-23,24-14-8-3-9-15-24)25-16-18-27(21-25,19-17-25)20-22-10-4-1-5-11-22;;/h2*2-3,6-9,12-15,22,28H,1,4-5,10-11,16-21H2;2*1H/q2*+1;;/p-2. The predicted octanol–water partition coefficient (Wildman–Crippen LogP) is 4.23. The summed E-state index contributed by atoms with van der Waals surface area (Å²) in [4.78, 5) is 0. The molecule has 4 aromatic carbocycles. The molecule has 6 fully saturated rings. The van der Waals surface area contributed by atoms with Gasteiger partial charge in [0.1, 0.15) is 11.2 Å². The van der Waals surface area contributed by atoms with E-state index in [9.17, 15) is 10.2 Å². The van der Waals surface area contributed by atoms with Gasteiger partial charge in [-0.15, -0.1) is 0 Å². The van der Waals surface area contributed by atoms with Crippen LogP contribution in [0.15, 0.2) is 121 Å². The third-order valence-corrected chi connectivity index (χ3v) is 16.6. The van der Waals surface area contributed by atoms with Crippen LogP contribution in [0.5, 0.6) is 0 Å². The lowest BCUT2D eigenvalue weighted by Gasteiger charge is -2.42. The van der Waals surface area contributed by atoms with Crippen molar-refractivity contribution in [2.45, 2.75) is 101 Å². The van der Waals surface area contributed by atoms with Crippen LogP contribution in [-0.4, -0.2) is 71.5 Å². The molecule has 6 heteroatoms. The predicted molar refractivity (Wildman–Crippen MR) is 228 cm³/mol. The first-order valence-electron chi connectivity index (χ1n) is 22.7. The molecule has 2 saturated carbocycles. The van der Waals surface area contributed by atoms with E-state index in [2.05, 4.69) is 121 Å². The zero-order chi connectivity index (χ0) is 38.2. The Hall–Kier alpha value is -2.32. The third kappa shape index (κ3) is 7.86. The zero-order valence-electron chi connectivity index (χ0n) is 34.8. The number of nitrogens with zero attached hydrogens (tertiary/aromatic N) is 2. The SMILES string of the molecule is OC(c1ccccc1)(c1ccccc1)C12CC[N+](CC3CCCCC3)(CC1)C2.OC(c1ccccc1)(c1ccccc1)C12CC[N+](CC3CCCCC3)(CC1)C2.[Br-].[Br-]. The van der Waals surface area contributed by atoms with Gasteiger partial charge in [-0.25, -0.2) is 0 Å². The minimum absolute atomic E-state index is 0. The molecule has 4 saturated heterocycles. The number of aliphatic hydroxyl groups is 2. The number of benzene rings is 4. The van der Waals surface area contributed by atoms with E-state index in [0.717, 1.165) is 72.9 Å². The van der Waals surface area contributed by atoms with Crippen molar-refractivity contribution in [1.29, 1.82) is 0 Å². The van der Waals surface area contributed by atoms with Crippen molar-refractivity contribution >= 4 is 0 Å². The average molecular weight is 913 g/mol. The van der Waals surface area contributed by atoms with Crippen LogP contribution in [-0.2, 0) is 11.2 Å². The van der Waals surface area contributed by atoms with Crippen LogP contribution in [0.3, 0.4) is 0 Å². The molecule has 0 atom stereocenters. The fraction of sp³-hybridized carbons (Fsp3) is 0.538. The summed E-state index contributed by atoms with van der Waals surface area (Å²) in [5.41, 5.74) is 2.43. The largest absolute Gasteiger partial charge is 1.00 e. The normalized spacial score (nSPS) is 29.6. The van der Waals surface area contributed by atoms with E-state index in [4.69, 9.17) is 0 Å². The topological polar surface area (TPSA) is 40.5 Å². The van der Waals surface area contributed by atoms with Crippen molar-refractivity contribution in [2.24, 2.45) is 22.7 Å².